The second-order valence-electron chi connectivity index (χ2n) is 5.56. The van der Waals surface area contributed by atoms with E-state index >= 15 is 0 Å². The first kappa shape index (κ1) is 17.5. The largest absolute Gasteiger partial charge is 0.377 e. The average molecular weight is 313 g/mol. The van der Waals surface area contributed by atoms with Gasteiger partial charge in [-0.1, -0.05) is 13.8 Å². The first-order valence-corrected chi connectivity index (χ1v) is 8.30. The molecule has 21 heavy (non-hydrogen) atoms. The molecule has 0 aliphatic carbocycles. The highest BCUT2D eigenvalue weighted by molar-refractivity contribution is 7.89. The molecule has 0 saturated carbocycles. The van der Waals surface area contributed by atoms with E-state index in [1.54, 1.807) is 31.1 Å². The Morgan fingerprint density at radius 1 is 1.33 bits per heavy atom. The zero-order valence-electron chi connectivity index (χ0n) is 12.9. The van der Waals surface area contributed by atoms with Gasteiger partial charge in [0.2, 0.25) is 10.0 Å². The molecule has 0 heterocycles. The quantitative estimate of drug-likeness (QED) is 0.824. The summed E-state index contributed by atoms with van der Waals surface area (Å²) in [6.45, 7) is 4.69. The number of rotatable bonds is 6. The summed E-state index contributed by atoms with van der Waals surface area (Å²) in [5.74, 6) is 0.187. The van der Waals surface area contributed by atoms with Crippen LogP contribution in [0.3, 0.4) is 0 Å². The van der Waals surface area contributed by atoms with Crippen LogP contribution >= 0.6 is 0 Å². The molecule has 0 aliphatic heterocycles. The van der Waals surface area contributed by atoms with Gasteiger partial charge in [0.1, 0.15) is 4.90 Å². The Labute approximate surface area is 126 Å². The monoisotopic (exact) mass is 313 g/mol. The molecule has 1 amide bonds. The first-order chi connectivity index (χ1) is 9.62. The molecule has 0 saturated heterocycles. The lowest BCUT2D eigenvalue weighted by Crippen LogP contribution is -2.26. The number of hydrogen-bond acceptors (Lipinski definition) is 4. The molecule has 1 aromatic carbocycles. The van der Waals surface area contributed by atoms with Gasteiger partial charge in [0.05, 0.1) is 5.69 Å². The molecule has 0 spiro atoms. The standard InChI is InChI=1S/C14H23N3O3S/c1-10(2)7-8-16-14(18)11-5-6-12(17(3)4)13(9-11)21(15,19)20/h5-6,9-10H,7-8H2,1-4H3,(H,16,18)(H2,15,19,20). The van der Waals surface area contributed by atoms with Crippen LogP contribution in [0.25, 0.3) is 0 Å². The number of carbonyl (C=O) groups excluding carboxylic acids is 1. The van der Waals surface area contributed by atoms with Gasteiger partial charge >= 0.3 is 0 Å². The number of primary sulfonamides is 1. The van der Waals surface area contributed by atoms with E-state index in [-0.39, 0.29) is 16.4 Å². The van der Waals surface area contributed by atoms with Crippen LogP contribution in [0, 0.1) is 5.92 Å². The van der Waals surface area contributed by atoms with Gasteiger partial charge in [-0.05, 0) is 30.5 Å². The fourth-order valence-electron chi connectivity index (χ4n) is 1.83. The summed E-state index contributed by atoms with van der Waals surface area (Å²) < 4.78 is 23.3. The zero-order valence-corrected chi connectivity index (χ0v) is 13.7. The molecule has 3 N–H and O–H groups in total. The lowest BCUT2D eigenvalue weighted by molar-refractivity contribution is 0.0952. The minimum atomic E-state index is -3.89. The highest BCUT2D eigenvalue weighted by Gasteiger charge is 2.18. The SMILES string of the molecule is CC(C)CCNC(=O)c1ccc(N(C)C)c(S(N)(=O)=O)c1. The summed E-state index contributed by atoms with van der Waals surface area (Å²) in [7, 11) is -0.461. The number of nitrogens with two attached hydrogens (primary N) is 1. The van der Waals surface area contributed by atoms with Gasteiger partial charge in [-0.25, -0.2) is 13.6 Å². The number of sulfonamides is 1. The molecule has 0 aliphatic rings. The summed E-state index contributed by atoms with van der Waals surface area (Å²) >= 11 is 0. The molecule has 0 aromatic heterocycles. The molecule has 0 fully saturated rings. The Morgan fingerprint density at radius 3 is 2.43 bits per heavy atom. The number of amides is 1. The third kappa shape index (κ3) is 5.02. The molecule has 0 unspecified atom stereocenters. The number of anilines is 1. The van der Waals surface area contributed by atoms with E-state index in [0.29, 0.717) is 18.2 Å². The van der Waals surface area contributed by atoms with Gasteiger partial charge in [0.15, 0.2) is 0 Å². The van der Waals surface area contributed by atoms with Gasteiger partial charge in [0, 0.05) is 26.2 Å². The number of benzene rings is 1. The van der Waals surface area contributed by atoms with E-state index in [0.717, 1.165) is 6.42 Å². The molecule has 7 heteroatoms. The predicted octanol–water partition coefficient (Wildman–Crippen LogP) is 1.18. The van der Waals surface area contributed by atoms with Gasteiger partial charge in [0.25, 0.3) is 5.91 Å². The van der Waals surface area contributed by atoms with E-state index in [2.05, 4.69) is 19.2 Å². The van der Waals surface area contributed by atoms with Crippen LogP contribution in [0.15, 0.2) is 23.1 Å². The van der Waals surface area contributed by atoms with Crippen molar-refractivity contribution in [2.24, 2.45) is 11.1 Å². The van der Waals surface area contributed by atoms with E-state index in [9.17, 15) is 13.2 Å². The van der Waals surface area contributed by atoms with Crippen molar-refractivity contribution in [3.8, 4) is 0 Å². The third-order valence-electron chi connectivity index (χ3n) is 3.02. The van der Waals surface area contributed by atoms with Crippen molar-refractivity contribution >= 4 is 21.6 Å². The van der Waals surface area contributed by atoms with Crippen LogP contribution in [-0.2, 0) is 10.0 Å². The Kier molecular flexibility index (Phi) is 5.74. The van der Waals surface area contributed by atoms with Crippen LogP contribution in [0.1, 0.15) is 30.6 Å². The van der Waals surface area contributed by atoms with Crippen molar-refractivity contribution in [1.82, 2.24) is 5.32 Å². The number of nitrogens with zero attached hydrogens (tertiary/aromatic N) is 1. The maximum absolute atomic E-state index is 12.0. The Hall–Kier alpha value is -1.60. The molecule has 0 bridgehead atoms. The molecule has 118 valence electrons. The predicted molar refractivity (Wildman–Crippen MR) is 83.9 cm³/mol. The fourth-order valence-corrected chi connectivity index (χ4v) is 2.66. The van der Waals surface area contributed by atoms with Crippen LogP contribution in [0.4, 0.5) is 5.69 Å². The topological polar surface area (TPSA) is 92.5 Å². The van der Waals surface area contributed by atoms with Crippen LogP contribution in [-0.4, -0.2) is 35.0 Å². The lowest BCUT2D eigenvalue weighted by Gasteiger charge is -2.17. The van der Waals surface area contributed by atoms with E-state index in [1.807, 2.05) is 0 Å². The average Bonchev–Trinajstić information content (AvgIpc) is 2.36. The molecule has 1 aromatic rings. The number of carbonyl (C=O) groups is 1. The number of hydrogen-bond donors (Lipinski definition) is 2. The molecule has 0 atom stereocenters. The van der Waals surface area contributed by atoms with Crippen LogP contribution in [0.2, 0.25) is 0 Å². The van der Waals surface area contributed by atoms with Crippen molar-refractivity contribution < 1.29 is 13.2 Å². The highest BCUT2D eigenvalue weighted by Crippen LogP contribution is 2.24. The van der Waals surface area contributed by atoms with Gasteiger partial charge in [-0.3, -0.25) is 4.79 Å². The van der Waals surface area contributed by atoms with Crippen molar-refractivity contribution in [1.29, 1.82) is 0 Å². The smallest absolute Gasteiger partial charge is 0.251 e. The second kappa shape index (κ2) is 6.91. The van der Waals surface area contributed by atoms with Crippen molar-refractivity contribution in [3.05, 3.63) is 23.8 Å². The highest BCUT2D eigenvalue weighted by atomic mass is 32.2. The lowest BCUT2D eigenvalue weighted by atomic mass is 10.1. The maximum Gasteiger partial charge on any atom is 0.251 e. The summed E-state index contributed by atoms with van der Waals surface area (Å²) in [5.41, 5.74) is 0.740. The third-order valence-corrected chi connectivity index (χ3v) is 3.96. The molecule has 6 nitrogen and oxygen atoms in total. The van der Waals surface area contributed by atoms with Crippen LogP contribution < -0.4 is 15.4 Å². The van der Waals surface area contributed by atoms with E-state index < -0.39 is 10.0 Å². The van der Waals surface area contributed by atoms with Crippen molar-refractivity contribution in [2.75, 3.05) is 25.5 Å². The molecule has 1 rings (SSSR count). The Morgan fingerprint density at radius 2 is 1.95 bits per heavy atom. The van der Waals surface area contributed by atoms with Crippen molar-refractivity contribution in [2.45, 2.75) is 25.2 Å². The second-order valence-corrected chi connectivity index (χ2v) is 7.09. The van der Waals surface area contributed by atoms with Gasteiger partial charge in [-0.15, -0.1) is 0 Å². The summed E-state index contributed by atoms with van der Waals surface area (Å²) in [6.07, 6.45) is 0.865. The van der Waals surface area contributed by atoms with Crippen LogP contribution in [0.5, 0.6) is 0 Å². The maximum atomic E-state index is 12.0. The normalized spacial score (nSPS) is 11.5. The van der Waals surface area contributed by atoms with Gasteiger partial charge < -0.3 is 10.2 Å². The van der Waals surface area contributed by atoms with E-state index in [4.69, 9.17) is 5.14 Å². The number of nitrogens with one attached hydrogen (secondary N) is 1. The first-order valence-electron chi connectivity index (χ1n) is 6.75. The van der Waals surface area contributed by atoms with Gasteiger partial charge in [-0.2, -0.15) is 0 Å². The summed E-state index contributed by atoms with van der Waals surface area (Å²) in [6, 6.07) is 4.49. The Balaban J connectivity index is 3.03. The molecule has 0 radical (unpaired) electrons. The summed E-state index contributed by atoms with van der Waals surface area (Å²) in [5, 5.41) is 7.99. The zero-order chi connectivity index (χ0) is 16.2. The minimum Gasteiger partial charge on any atom is -0.377 e. The fraction of sp³-hybridized carbons (Fsp3) is 0.500. The van der Waals surface area contributed by atoms with E-state index in [1.165, 1.54) is 6.07 Å². The molecular formula is C14H23N3O3S. The van der Waals surface area contributed by atoms with Crippen molar-refractivity contribution in [3.63, 3.8) is 0 Å². The summed E-state index contributed by atoms with van der Waals surface area (Å²) in [4.78, 5) is 13.6. The molecular weight excluding hydrogens is 290 g/mol. The minimum absolute atomic E-state index is 0.0518. The Bertz CT molecular complexity index is 610.